The third-order valence-corrected chi connectivity index (χ3v) is 3.78. The van der Waals surface area contributed by atoms with Crippen LogP contribution in [0.4, 0.5) is 0 Å². The summed E-state index contributed by atoms with van der Waals surface area (Å²) in [6.07, 6.45) is 6.54. The van der Waals surface area contributed by atoms with Crippen LogP contribution in [0.1, 0.15) is 52.4 Å². The van der Waals surface area contributed by atoms with Crippen LogP contribution in [0.2, 0.25) is 0 Å². The van der Waals surface area contributed by atoms with E-state index >= 15 is 0 Å². The summed E-state index contributed by atoms with van der Waals surface area (Å²) in [5, 5.41) is 11.6. The van der Waals surface area contributed by atoms with Crippen molar-refractivity contribution in [3.63, 3.8) is 0 Å². The van der Waals surface area contributed by atoms with Gasteiger partial charge in [0.15, 0.2) is 0 Å². The number of aliphatic carboxylic acids is 1. The Hall–Kier alpha value is -1.06. The summed E-state index contributed by atoms with van der Waals surface area (Å²) in [7, 11) is 0. The molecule has 1 saturated carbocycles. The molecule has 17 heavy (non-hydrogen) atoms. The Morgan fingerprint density at radius 3 is 2.41 bits per heavy atom. The summed E-state index contributed by atoms with van der Waals surface area (Å²) in [4.78, 5) is 22.4. The van der Waals surface area contributed by atoms with E-state index in [1.54, 1.807) is 13.8 Å². The van der Waals surface area contributed by atoms with Gasteiger partial charge in [-0.25, -0.2) is 0 Å². The van der Waals surface area contributed by atoms with Crippen LogP contribution in [-0.4, -0.2) is 23.0 Å². The fourth-order valence-electron chi connectivity index (χ4n) is 2.30. The van der Waals surface area contributed by atoms with Crippen molar-refractivity contribution in [2.75, 3.05) is 0 Å². The van der Waals surface area contributed by atoms with Crippen molar-refractivity contribution in [3.05, 3.63) is 0 Å². The maximum atomic E-state index is 11.6. The largest absolute Gasteiger partial charge is 0.481 e. The Labute approximate surface area is 103 Å². The molecule has 1 amide bonds. The van der Waals surface area contributed by atoms with Crippen LogP contribution in [0.5, 0.6) is 0 Å². The quantitative estimate of drug-likeness (QED) is 0.749. The molecule has 2 N–H and O–H groups in total. The van der Waals surface area contributed by atoms with Crippen LogP contribution < -0.4 is 5.32 Å². The third-order valence-electron chi connectivity index (χ3n) is 3.78. The van der Waals surface area contributed by atoms with E-state index in [0.717, 1.165) is 6.42 Å². The van der Waals surface area contributed by atoms with Crippen molar-refractivity contribution < 1.29 is 14.7 Å². The number of carbonyl (C=O) groups is 2. The fourth-order valence-corrected chi connectivity index (χ4v) is 2.30. The van der Waals surface area contributed by atoms with E-state index in [1.807, 2.05) is 0 Å². The van der Waals surface area contributed by atoms with Gasteiger partial charge < -0.3 is 10.4 Å². The molecule has 0 aromatic heterocycles. The van der Waals surface area contributed by atoms with Gasteiger partial charge in [-0.15, -0.1) is 0 Å². The van der Waals surface area contributed by atoms with Gasteiger partial charge in [-0.1, -0.05) is 25.7 Å². The van der Waals surface area contributed by atoms with Gasteiger partial charge in [0.1, 0.15) is 0 Å². The number of carboxylic acids is 1. The summed E-state index contributed by atoms with van der Waals surface area (Å²) in [6.45, 7) is 3.36. The zero-order valence-corrected chi connectivity index (χ0v) is 10.7. The predicted octanol–water partition coefficient (Wildman–Crippen LogP) is 2.18. The van der Waals surface area contributed by atoms with Crippen molar-refractivity contribution >= 4 is 11.9 Å². The molecule has 1 aliphatic carbocycles. The number of nitrogens with one attached hydrogen (secondary N) is 1. The molecule has 0 radical (unpaired) electrons. The van der Waals surface area contributed by atoms with Gasteiger partial charge in [-0.3, -0.25) is 9.59 Å². The zero-order chi connectivity index (χ0) is 12.8. The van der Waals surface area contributed by atoms with Crippen molar-refractivity contribution in [1.29, 1.82) is 0 Å². The average molecular weight is 241 g/mol. The number of rotatable bonds is 6. The van der Waals surface area contributed by atoms with Gasteiger partial charge in [0.2, 0.25) is 5.91 Å². The first kappa shape index (κ1) is 14.0. The van der Waals surface area contributed by atoms with E-state index in [2.05, 4.69) is 5.32 Å². The molecular weight excluding hydrogens is 218 g/mol. The SMILES string of the molecule is CC(NC(=O)CCC1CCCC1)C(C)C(=O)O. The molecule has 0 heterocycles. The Kier molecular flexibility index (Phi) is 5.45. The molecule has 98 valence electrons. The Morgan fingerprint density at radius 2 is 1.88 bits per heavy atom. The van der Waals surface area contributed by atoms with Gasteiger partial charge in [0.25, 0.3) is 0 Å². The van der Waals surface area contributed by atoms with Gasteiger partial charge in [-0.05, 0) is 26.2 Å². The number of amides is 1. The van der Waals surface area contributed by atoms with Crippen molar-refractivity contribution in [3.8, 4) is 0 Å². The first-order valence-corrected chi connectivity index (χ1v) is 6.53. The molecule has 0 saturated heterocycles. The van der Waals surface area contributed by atoms with Crippen molar-refractivity contribution in [2.24, 2.45) is 11.8 Å². The summed E-state index contributed by atoms with van der Waals surface area (Å²) >= 11 is 0. The lowest BCUT2D eigenvalue weighted by molar-refractivity contribution is -0.142. The molecule has 0 bridgehead atoms. The highest BCUT2D eigenvalue weighted by Gasteiger charge is 2.21. The van der Waals surface area contributed by atoms with Gasteiger partial charge >= 0.3 is 5.97 Å². The minimum absolute atomic E-state index is 0.0162. The lowest BCUT2D eigenvalue weighted by Crippen LogP contribution is -2.40. The first-order chi connectivity index (χ1) is 8.00. The maximum Gasteiger partial charge on any atom is 0.308 e. The zero-order valence-electron chi connectivity index (χ0n) is 10.7. The van der Waals surface area contributed by atoms with Crippen molar-refractivity contribution in [1.82, 2.24) is 5.32 Å². The minimum Gasteiger partial charge on any atom is -0.481 e. The van der Waals surface area contributed by atoms with Crippen LogP contribution >= 0.6 is 0 Å². The van der Waals surface area contributed by atoms with E-state index in [-0.39, 0.29) is 11.9 Å². The van der Waals surface area contributed by atoms with Gasteiger partial charge in [0, 0.05) is 12.5 Å². The molecule has 1 fully saturated rings. The van der Waals surface area contributed by atoms with Crippen LogP contribution in [0, 0.1) is 11.8 Å². The normalized spacial score (nSPS) is 19.9. The average Bonchev–Trinajstić information content (AvgIpc) is 2.77. The highest BCUT2D eigenvalue weighted by molar-refractivity contribution is 5.77. The summed E-state index contributed by atoms with van der Waals surface area (Å²) in [5.74, 6) is -0.718. The maximum absolute atomic E-state index is 11.6. The van der Waals surface area contributed by atoms with Gasteiger partial charge in [-0.2, -0.15) is 0 Å². The second kappa shape index (κ2) is 6.62. The van der Waals surface area contributed by atoms with E-state index < -0.39 is 11.9 Å². The molecular formula is C13H23NO3. The van der Waals surface area contributed by atoms with E-state index in [9.17, 15) is 9.59 Å². The molecule has 4 heteroatoms. The molecule has 2 atom stereocenters. The molecule has 0 aliphatic heterocycles. The summed E-state index contributed by atoms with van der Waals surface area (Å²) in [5.41, 5.74) is 0. The Balaban J connectivity index is 2.21. The first-order valence-electron chi connectivity index (χ1n) is 6.53. The fraction of sp³-hybridized carbons (Fsp3) is 0.846. The minimum atomic E-state index is -0.867. The van der Waals surface area contributed by atoms with Crippen LogP contribution in [0.15, 0.2) is 0 Å². The topological polar surface area (TPSA) is 66.4 Å². The molecule has 4 nitrogen and oxygen atoms in total. The van der Waals surface area contributed by atoms with E-state index in [4.69, 9.17) is 5.11 Å². The molecule has 2 unspecified atom stereocenters. The van der Waals surface area contributed by atoms with E-state index in [0.29, 0.717) is 12.3 Å². The Morgan fingerprint density at radius 1 is 1.29 bits per heavy atom. The lowest BCUT2D eigenvalue weighted by atomic mass is 10.0. The standard InChI is InChI=1S/C13H23NO3/c1-9(13(16)17)10(2)14-12(15)8-7-11-5-3-4-6-11/h9-11H,3-8H2,1-2H3,(H,14,15)(H,16,17). The number of carboxylic acid groups (broad SMARTS) is 1. The van der Waals surface area contributed by atoms with Crippen LogP contribution in [0.25, 0.3) is 0 Å². The van der Waals surface area contributed by atoms with Crippen LogP contribution in [-0.2, 0) is 9.59 Å². The number of hydrogen-bond donors (Lipinski definition) is 2. The Bertz CT molecular complexity index is 272. The summed E-state index contributed by atoms with van der Waals surface area (Å²) < 4.78 is 0. The number of carbonyl (C=O) groups excluding carboxylic acids is 1. The highest BCUT2D eigenvalue weighted by Crippen LogP contribution is 2.28. The molecule has 1 aliphatic rings. The number of hydrogen-bond acceptors (Lipinski definition) is 2. The predicted molar refractivity (Wildman–Crippen MR) is 65.6 cm³/mol. The van der Waals surface area contributed by atoms with Gasteiger partial charge in [0.05, 0.1) is 5.92 Å². The lowest BCUT2D eigenvalue weighted by Gasteiger charge is -2.18. The van der Waals surface area contributed by atoms with Crippen molar-refractivity contribution in [2.45, 2.75) is 58.4 Å². The molecule has 0 spiro atoms. The molecule has 0 aromatic rings. The van der Waals surface area contributed by atoms with Crippen LogP contribution in [0.3, 0.4) is 0 Å². The van der Waals surface area contributed by atoms with E-state index in [1.165, 1.54) is 25.7 Å². The third kappa shape index (κ3) is 4.75. The highest BCUT2D eigenvalue weighted by atomic mass is 16.4. The summed E-state index contributed by atoms with van der Waals surface area (Å²) in [6, 6.07) is -0.302. The monoisotopic (exact) mass is 241 g/mol. The molecule has 0 aromatic carbocycles. The smallest absolute Gasteiger partial charge is 0.308 e. The molecule has 1 rings (SSSR count). The second-order valence-electron chi connectivity index (χ2n) is 5.17. The second-order valence-corrected chi connectivity index (χ2v) is 5.17.